The number of thiophene rings is 1. The quantitative estimate of drug-likeness (QED) is 0.655. The second-order valence-electron chi connectivity index (χ2n) is 2.95. The van der Waals surface area contributed by atoms with Crippen LogP contribution in [0.15, 0.2) is 16.8 Å². The van der Waals surface area contributed by atoms with Gasteiger partial charge in [0.05, 0.1) is 13.0 Å². The van der Waals surface area contributed by atoms with Crippen molar-refractivity contribution in [2.24, 2.45) is 0 Å². The van der Waals surface area contributed by atoms with Crippen molar-refractivity contribution in [1.82, 2.24) is 5.32 Å². The van der Waals surface area contributed by atoms with E-state index in [0.29, 0.717) is 0 Å². The Morgan fingerprint density at radius 3 is 2.73 bits per heavy atom. The number of carboxylic acids is 1. The number of aliphatic hydroxyl groups is 1. The number of aliphatic carboxylic acids is 1. The van der Waals surface area contributed by atoms with Crippen LogP contribution in [0.3, 0.4) is 0 Å². The molecule has 1 heterocycles. The highest BCUT2D eigenvalue weighted by atomic mass is 32.1. The van der Waals surface area contributed by atoms with E-state index < -0.39 is 24.5 Å². The topological polar surface area (TPSA) is 86.6 Å². The van der Waals surface area contributed by atoms with Crippen molar-refractivity contribution < 1.29 is 19.8 Å². The number of carbonyl (C=O) groups is 2. The minimum atomic E-state index is -1.24. The minimum Gasteiger partial charge on any atom is -0.480 e. The van der Waals surface area contributed by atoms with Gasteiger partial charge in [0.2, 0.25) is 5.91 Å². The Balaban J connectivity index is 2.45. The molecule has 1 rings (SSSR count). The molecule has 5 nitrogen and oxygen atoms in total. The first-order valence-corrected chi connectivity index (χ1v) is 5.22. The molecule has 0 bridgehead atoms. The third-order valence-corrected chi connectivity index (χ3v) is 2.49. The first-order chi connectivity index (χ1) is 7.13. The maximum Gasteiger partial charge on any atom is 0.328 e. The van der Waals surface area contributed by atoms with E-state index in [1.165, 1.54) is 11.3 Å². The zero-order valence-electron chi connectivity index (χ0n) is 7.84. The highest BCUT2D eigenvalue weighted by molar-refractivity contribution is 7.07. The molecule has 1 amide bonds. The molecule has 0 saturated heterocycles. The largest absolute Gasteiger partial charge is 0.480 e. The van der Waals surface area contributed by atoms with Crippen molar-refractivity contribution in [3.05, 3.63) is 22.4 Å². The molecule has 0 aliphatic rings. The number of hydrogen-bond acceptors (Lipinski definition) is 4. The lowest BCUT2D eigenvalue weighted by Gasteiger charge is -2.10. The van der Waals surface area contributed by atoms with Crippen LogP contribution in [-0.4, -0.2) is 34.7 Å². The van der Waals surface area contributed by atoms with Gasteiger partial charge in [0.25, 0.3) is 0 Å². The van der Waals surface area contributed by atoms with Crippen molar-refractivity contribution in [2.45, 2.75) is 12.5 Å². The summed E-state index contributed by atoms with van der Waals surface area (Å²) in [6, 6.07) is 0.565. The summed E-state index contributed by atoms with van der Waals surface area (Å²) >= 11 is 1.47. The van der Waals surface area contributed by atoms with Crippen molar-refractivity contribution in [3.8, 4) is 0 Å². The summed E-state index contributed by atoms with van der Waals surface area (Å²) in [6.45, 7) is -0.606. The Morgan fingerprint density at radius 2 is 2.27 bits per heavy atom. The lowest BCUT2D eigenvalue weighted by Crippen LogP contribution is -2.43. The van der Waals surface area contributed by atoms with Crippen LogP contribution in [-0.2, 0) is 16.0 Å². The normalized spacial score (nSPS) is 12.1. The van der Waals surface area contributed by atoms with Crippen molar-refractivity contribution >= 4 is 23.2 Å². The second kappa shape index (κ2) is 5.47. The first-order valence-electron chi connectivity index (χ1n) is 4.27. The van der Waals surface area contributed by atoms with Gasteiger partial charge >= 0.3 is 5.97 Å². The van der Waals surface area contributed by atoms with Gasteiger partial charge in [0, 0.05) is 0 Å². The van der Waals surface area contributed by atoms with E-state index in [-0.39, 0.29) is 6.42 Å². The summed E-state index contributed by atoms with van der Waals surface area (Å²) in [5.74, 6) is -1.65. The summed E-state index contributed by atoms with van der Waals surface area (Å²) in [5.41, 5.74) is 0.833. The van der Waals surface area contributed by atoms with Gasteiger partial charge in [-0.25, -0.2) is 4.79 Å². The number of rotatable bonds is 5. The fourth-order valence-electron chi connectivity index (χ4n) is 1.01. The van der Waals surface area contributed by atoms with Crippen LogP contribution in [0, 0.1) is 0 Å². The number of aliphatic hydroxyl groups excluding tert-OH is 1. The van der Waals surface area contributed by atoms with Gasteiger partial charge in [0.1, 0.15) is 6.04 Å². The van der Waals surface area contributed by atoms with Crippen LogP contribution >= 0.6 is 11.3 Å². The van der Waals surface area contributed by atoms with Crippen LogP contribution in [0.2, 0.25) is 0 Å². The summed E-state index contributed by atoms with van der Waals surface area (Å²) in [7, 11) is 0. The number of nitrogens with one attached hydrogen (secondary N) is 1. The molecule has 1 unspecified atom stereocenters. The lowest BCUT2D eigenvalue weighted by atomic mass is 10.2. The first kappa shape index (κ1) is 11.7. The number of amides is 1. The molecule has 1 aromatic heterocycles. The molecular weight excluding hydrogens is 218 g/mol. The Morgan fingerprint density at radius 1 is 1.53 bits per heavy atom. The number of carbonyl (C=O) groups excluding carboxylic acids is 1. The Hall–Kier alpha value is -1.40. The van der Waals surface area contributed by atoms with E-state index in [4.69, 9.17) is 10.2 Å². The molecular formula is C9H11NO4S. The molecule has 0 spiro atoms. The van der Waals surface area contributed by atoms with Crippen LogP contribution in [0.1, 0.15) is 5.56 Å². The fourth-order valence-corrected chi connectivity index (χ4v) is 1.68. The molecule has 0 aliphatic heterocycles. The van der Waals surface area contributed by atoms with Gasteiger partial charge in [-0.2, -0.15) is 11.3 Å². The SMILES string of the molecule is O=C(Cc1ccsc1)NC(CO)C(=O)O. The third-order valence-electron chi connectivity index (χ3n) is 1.76. The third kappa shape index (κ3) is 3.69. The van der Waals surface area contributed by atoms with Crippen molar-refractivity contribution in [3.63, 3.8) is 0 Å². The molecule has 0 radical (unpaired) electrons. The van der Waals surface area contributed by atoms with E-state index in [9.17, 15) is 9.59 Å². The summed E-state index contributed by atoms with van der Waals surface area (Å²) in [5, 5.41) is 23.1. The molecule has 0 aliphatic carbocycles. The zero-order chi connectivity index (χ0) is 11.3. The van der Waals surface area contributed by atoms with Gasteiger partial charge in [-0.3, -0.25) is 4.79 Å². The van der Waals surface area contributed by atoms with Gasteiger partial charge in [0.15, 0.2) is 0 Å². The highest BCUT2D eigenvalue weighted by Gasteiger charge is 2.18. The van der Waals surface area contributed by atoms with Crippen LogP contribution in [0.25, 0.3) is 0 Å². The van der Waals surface area contributed by atoms with Crippen molar-refractivity contribution in [2.75, 3.05) is 6.61 Å². The van der Waals surface area contributed by atoms with Crippen LogP contribution < -0.4 is 5.32 Å². The maximum absolute atomic E-state index is 11.3. The second-order valence-corrected chi connectivity index (χ2v) is 3.73. The van der Waals surface area contributed by atoms with E-state index in [0.717, 1.165) is 5.56 Å². The standard InChI is InChI=1S/C9H11NO4S/c11-4-7(9(13)14)10-8(12)3-6-1-2-15-5-6/h1-2,5,7,11H,3-4H2,(H,10,12)(H,13,14). The Labute approximate surface area is 90.4 Å². The summed E-state index contributed by atoms with van der Waals surface area (Å²) < 4.78 is 0. The molecule has 1 aromatic rings. The maximum atomic E-state index is 11.3. The fraction of sp³-hybridized carbons (Fsp3) is 0.333. The van der Waals surface area contributed by atoms with Gasteiger partial charge in [-0.05, 0) is 22.4 Å². The predicted octanol–water partition coefficient (Wildman–Crippen LogP) is -0.148. The van der Waals surface area contributed by atoms with E-state index in [1.54, 1.807) is 6.07 Å². The number of hydrogen-bond donors (Lipinski definition) is 3. The lowest BCUT2D eigenvalue weighted by molar-refractivity contribution is -0.142. The Kier molecular flexibility index (Phi) is 4.26. The van der Waals surface area contributed by atoms with Crippen molar-refractivity contribution in [1.29, 1.82) is 0 Å². The average molecular weight is 229 g/mol. The van der Waals surface area contributed by atoms with E-state index in [1.807, 2.05) is 10.8 Å². The Bertz CT molecular complexity index is 336. The van der Waals surface area contributed by atoms with Crippen LogP contribution in [0.4, 0.5) is 0 Å². The van der Waals surface area contributed by atoms with Gasteiger partial charge in [-0.1, -0.05) is 0 Å². The van der Waals surface area contributed by atoms with E-state index >= 15 is 0 Å². The molecule has 15 heavy (non-hydrogen) atoms. The van der Waals surface area contributed by atoms with Gasteiger partial charge < -0.3 is 15.5 Å². The molecule has 6 heteroatoms. The average Bonchev–Trinajstić information content (AvgIpc) is 2.66. The molecule has 82 valence electrons. The highest BCUT2D eigenvalue weighted by Crippen LogP contribution is 2.06. The molecule has 0 fully saturated rings. The molecule has 0 saturated carbocycles. The number of carboxylic acid groups (broad SMARTS) is 1. The molecule has 1 atom stereocenters. The predicted molar refractivity (Wildman–Crippen MR) is 54.7 cm³/mol. The molecule has 3 N–H and O–H groups in total. The monoisotopic (exact) mass is 229 g/mol. The smallest absolute Gasteiger partial charge is 0.328 e. The van der Waals surface area contributed by atoms with Gasteiger partial charge in [-0.15, -0.1) is 0 Å². The summed E-state index contributed by atoms with van der Waals surface area (Å²) in [6.07, 6.45) is 0.132. The van der Waals surface area contributed by atoms with E-state index in [2.05, 4.69) is 5.32 Å². The minimum absolute atomic E-state index is 0.132. The van der Waals surface area contributed by atoms with Crippen LogP contribution in [0.5, 0.6) is 0 Å². The zero-order valence-corrected chi connectivity index (χ0v) is 8.66. The summed E-state index contributed by atoms with van der Waals surface area (Å²) in [4.78, 5) is 21.8. The molecule has 0 aromatic carbocycles.